The van der Waals surface area contributed by atoms with Gasteiger partial charge in [0.1, 0.15) is 0 Å². The number of ether oxygens (including phenoxy) is 1. The summed E-state index contributed by atoms with van der Waals surface area (Å²) in [7, 11) is 1.72. The first-order valence-corrected chi connectivity index (χ1v) is 12.3. The maximum atomic E-state index is 13.2. The van der Waals surface area contributed by atoms with Crippen LogP contribution in [0.2, 0.25) is 0 Å². The minimum Gasteiger partial charge on any atom is -0.396 e. The van der Waals surface area contributed by atoms with E-state index in [0.717, 1.165) is 51.9 Å². The predicted molar refractivity (Wildman–Crippen MR) is 140 cm³/mol. The number of carbonyl (C=O) groups is 1. The quantitative estimate of drug-likeness (QED) is 0.313. The fourth-order valence-electron chi connectivity index (χ4n) is 4.93. The summed E-state index contributed by atoms with van der Waals surface area (Å²) in [5.41, 5.74) is 4.38. The zero-order chi connectivity index (χ0) is 25.1. The second-order valence-corrected chi connectivity index (χ2v) is 9.09. The summed E-state index contributed by atoms with van der Waals surface area (Å²) in [5, 5.41) is 19.2. The number of carbonyl (C=O) groups excluding carboxylic acids is 1. The second kappa shape index (κ2) is 10.4. The van der Waals surface area contributed by atoms with E-state index in [4.69, 9.17) is 9.84 Å². The van der Waals surface area contributed by atoms with Crippen LogP contribution in [0, 0.1) is 5.92 Å². The third-order valence-corrected chi connectivity index (χ3v) is 6.69. The largest absolute Gasteiger partial charge is 0.396 e. The lowest BCUT2D eigenvalue weighted by molar-refractivity contribution is 0.0741. The molecular formula is C29H30N4O3. The third kappa shape index (κ3) is 4.55. The molecule has 0 saturated heterocycles. The molecule has 4 aromatic rings. The summed E-state index contributed by atoms with van der Waals surface area (Å²) in [6, 6.07) is 20.0. The summed E-state index contributed by atoms with van der Waals surface area (Å²) in [6.07, 6.45) is 7.42. The Kier molecular flexibility index (Phi) is 6.93. The van der Waals surface area contributed by atoms with Crippen LogP contribution in [0.1, 0.15) is 41.1 Å². The molecule has 1 N–H and O–H groups in total. The summed E-state index contributed by atoms with van der Waals surface area (Å²) >= 11 is 0. The lowest BCUT2D eigenvalue weighted by Gasteiger charge is -2.22. The molecule has 3 aromatic carbocycles. The summed E-state index contributed by atoms with van der Waals surface area (Å²) in [6.45, 7) is 2.94. The van der Waals surface area contributed by atoms with Crippen molar-refractivity contribution >= 4 is 28.1 Å². The number of benzene rings is 3. The molecule has 0 bridgehead atoms. The molecule has 1 amide bonds. The van der Waals surface area contributed by atoms with E-state index in [0.29, 0.717) is 6.42 Å². The van der Waals surface area contributed by atoms with Crippen molar-refractivity contribution in [1.29, 1.82) is 0 Å². The molecule has 7 heteroatoms. The Labute approximate surface area is 210 Å². The fraction of sp³-hybridized carbons (Fsp3) is 0.276. The summed E-state index contributed by atoms with van der Waals surface area (Å²) < 4.78 is 7.64. The van der Waals surface area contributed by atoms with Gasteiger partial charge in [-0.1, -0.05) is 60.7 Å². The van der Waals surface area contributed by atoms with Crippen molar-refractivity contribution in [2.45, 2.75) is 32.4 Å². The number of hydrogen-bond acceptors (Lipinski definition) is 5. The number of aromatic nitrogens is 3. The van der Waals surface area contributed by atoms with Crippen LogP contribution >= 0.6 is 0 Å². The van der Waals surface area contributed by atoms with Crippen LogP contribution < -0.4 is 4.90 Å². The van der Waals surface area contributed by atoms with E-state index in [1.165, 1.54) is 0 Å². The summed E-state index contributed by atoms with van der Waals surface area (Å²) in [5.74, 6) is 0.165. The molecule has 0 aliphatic carbocycles. The number of methoxy groups -OCH3 is 1. The molecular weight excluding hydrogens is 452 g/mol. The van der Waals surface area contributed by atoms with Gasteiger partial charge in [0.25, 0.3) is 5.91 Å². The number of aliphatic hydroxyl groups excluding tert-OH is 1. The van der Waals surface area contributed by atoms with Crippen molar-refractivity contribution in [2.75, 3.05) is 18.6 Å². The number of rotatable bonds is 10. The molecule has 1 aliphatic rings. The number of anilines is 2. The molecule has 2 heterocycles. The van der Waals surface area contributed by atoms with Crippen LogP contribution in [-0.4, -0.2) is 39.7 Å². The minimum absolute atomic E-state index is 0.00464. The van der Waals surface area contributed by atoms with Crippen LogP contribution in [0.3, 0.4) is 0 Å². The Morgan fingerprint density at radius 3 is 2.61 bits per heavy atom. The number of nitrogens with zero attached hydrogens (tertiary/aromatic N) is 4. The van der Waals surface area contributed by atoms with Crippen molar-refractivity contribution in [2.24, 2.45) is 5.92 Å². The third-order valence-electron chi connectivity index (χ3n) is 6.69. The van der Waals surface area contributed by atoms with E-state index in [-0.39, 0.29) is 24.5 Å². The minimum atomic E-state index is -0.104. The van der Waals surface area contributed by atoms with E-state index in [1.807, 2.05) is 66.9 Å². The molecule has 5 rings (SSSR count). The van der Waals surface area contributed by atoms with Crippen LogP contribution in [0.25, 0.3) is 10.8 Å². The average Bonchev–Trinajstić information content (AvgIpc) is 3.46. The number of hydrogen-bond donors (Lipinski definition) is 1. The number of aliphatic hydroxyl groups is 1. The monoisotopic (exact) mass is 482 g/mol. The lowest BCUT2D eigenvalue weighted by atomic mass is 9.96. The van der Waals surface area contributed by atoms with Gasteiger partial charge >= 0.3 is 0 Å². The van der Waals surface area contributed by atoms with Gasteiger partial charge in [0.05, 0.1) is 23.0 Å². The molecule has 1 aliphatic heterocycles. The SMILES string of the molecule is CO[C@@H](c1ccc(N2C(=O)c3cccc4cccc2c34)cc1)[C@@H](C)/C=C/CCn1cc(CCO)nn1. The average molecular weight is 483 g/mol. The highest BCUT2D eigenvalue weighted by atomic mass is 16.5. The second-order valence-electron chi connectivity index (χ2n) is 9.09. The highest BCUT2D eigenvalue weighted by Gasteiger charge is 2.30. The van der Waals surface area contributed by atoms with Crippen molar-refractivity contribution in [3.05, 3.63) is 95.8 Å². The standard InChI is InChI=1S/C29H30N4O3/c1-20(7-3-4-17-32-19-23(16-18-34)30-31-32)28(36-2)22-12-14-24(15-13-22)33-26-11-6-9-21-8-5-10-25(27(21)26)29(33)35/h3,5-15,19-20,28,34H,4,16-18H2,1-2H3/b7-3+/t20-,28+/m0/s1. The van der Waals surface area contributed by atoms with Gasteiger partial charge in [-0.2, -0.15) is 0 Å². The number of amides is 1. The van der Waals surface area contributed by atoms with Crippen molar-refractivity contribution in [3.63, 3.8) is 0 Å². The van der Waals surface area contributed by atoms with Crippen LogP contribution in [0.5, 0.6) is 0 Å². The van der Waals surface area contributed by atoms with E-state index in [1.54, 1.807) is 16.7 Å². The van der Waals surface area contributed by atoms with E-state index >= 15 is 0 Å². The van der Waals surface area contributed by atoms with Crippen LogP contribution in [0.4, 0.5) is 11.4 Å². The lowest BCUT2D eigenvalue weighted by Crippen LogP contribution is -2.21. The van der Waals surface area contributed by atoms with Crippen molar-refractivity contribution in [3.8, 4) is 0 Å². The van der Waals surface area contributed by atoms with Gasteiger partial charge in [-0.3, -0.25) is 14.4 Å². The first-order valence-electron chi connectivity index (χ1n) is 12.3. The smallest absolute Gasteiger partial charge is 0.263 e. The molecule has 7 nitrogen and oxygen atoms in total. The molecule has 0 spiro atoms. The van der Waals surface area contributed by atoms with Gasteiger partial charge in [0.2, 0.25) is 0 Å². The van der Waals surface area contributed by atoms with Crippen molar-refractivity contribution < 1.29 is 14.6 Å². The highest BCUT2D eigenvalue weighted by molar-refractivity contribution is 6.27. The fourth-order valence-corrected chi connectivity index (χ4v) is 4.93. The van der Waals surface area contributed by atoms with Crippen LogP contribution in [0.15, 0.2) is 79.0 Å². The van der Waals surface area contributed by atoms with Gasteiger partial charge in [-0.15, -0.1) is 5.10 Å². The molecule has 0 saturated carbocycles. The summed E-state index contributed by atoms with van der Waals surface area (Å²) in [4.78, 5) is 15.0. The van der Waals surface area contributed by atoms with Crippen molar-refractivity contribution in [1.82, 2.24) is 15.0 Å². The molecule has 0 fully saturated rings. The zero-order valence-corrected chi connectivity index (χ0v) is 20.5. The van der Waals surface area contributed by atoms with Gasteiger partial charge in [-0.25, -0.2) is 0 Å². The Balaban J connectivity index is 1.26. The Bertz CT molecular complexity index is 1390. The Morgan fingerprint density at radius 2 is 1.86 bits per heavy atom. The maximum absolute atomic E-state index is 13.2. The molecule has 0 radical (unpaired) electrons. The molecule has 0 unspecified atom stereocenters. The molecule has 2 atom stereocenters. The highest BCUT2D eigenvalue weighted by Crippen LogP contribution is 2.42. The van der Waals surface area contributed by atoms with Gasteiger partial charge in [0, 0.05) is 49.9 Å². The van der Waals surface area contributed by atoms with Gasteiger partial charge in [0.15, 0.2) is 0 Å². The van der Waals surface area contributed by atoms with Gasteiger partial charge < -0.3 is 9.84 Å². The predicted octanol–water partition coefficient (Wildman–Crippen LogP) is 5.23. The van der Waals surface area contributed by atoms with E-state index in [9.17, 15) is 4.79 Å². The zero-order valence-electron chi connectivity index (χ0n) is 20.5. The Hall–Kier alpha value is -3.81. The van der Waals surface area contributed by atoms with Crippen LogP contribution in [-0.2, 0) is 17.7 Å². The topological polar surface area (TPSA) is 80.5 Å². The maximum Gasteiger partial charge on any atom is 0.263 e. The first kappa shape index (κ1) is 23.9. The van der Waals surface area contributed by atoms with E-state index < -0.39 is 0 Å². The normalized spacial score (nSPS) is 14.8. The Morgan fingerprint density at radius 1 is 1.08 bits per heavy atom. The first-order chi connectivity index (χ1) is 17.6. The molecule has 36 heavy (non-hydrogen) atoms. The van der Waals surface area contributed by atoms with E-state index in [2.05, 4.69) is 29.4 Å². The molecule has 184 valence electrons. The number of aryl methyl sites for hydroxylation is 1. The molecule has 1 aromatic heterocycles. The number of allylic oxidation sites excluding steroid dienone is 1. The van der Waals surface area contributed by atoms with Gasteiger partial charge in [-0.05, 0) is 41.6 Å².